The number of carbonyl (C=O) groups is 1. The molecule has 0 unspecified atom stereocenters. The van der Waals surface area contributed by atoms with Crippen LogP contribution in [0.1, 0.15) is 54.6 Å². The normalized spacial score (nSPS) is 21.9. The van der Waals surface area contributed by atoms with Crippen LogP contribution in [-0.4, -0.2) is 67.8 Å². The molecule has 0 saturated carbocycles. The Morgan fingerprint density at radius 2 is 2.09 bits per heavy atom. The van der Waals surface area contributed by atoms with Crippen molar-refractivity contribution in [2.75, 3.05) is 19.7 Å². The first-order valence-electron chi connectivity index (χ1n) is 12.1. The second-order valence-electron chi connectivity index (χ2n) is 10.4. The molecule has 4 heterocycles. The lowest BCUT2D eigenvalue weighted by atomic mass is 9.92. The summed E-state index contributed by atoms with van der Waals surface area (Å²) < 4.78 is 13.9. The third-order valence-electron chi connectivity index (χ3n) is 6.38. The fraction of sp³-hybridized carbons (Fsp3) is 0.520. The quantitative estimate of drug-likeness (QED) is 0.580. The SMILES string of the molecule is CC(C)(C)c1cc(CN2C[C@@H]3NC(=O)c4cccc(c4)OCCCn4cc(nn4)CO[C@H]3C2)[nH]n1. The molecule has 186 valence electrons. The molecule has 5 rings (SSSR count). The average molecular weight is 480 g/mol. The van der Waals surface area contributed by atoms with Crippen LogP contribution in [0.25, 0.3) is 0 Å². The standard InChI is InChI=1S/C25H33N7O3/c1-25(2,3)23-11-18(27-29-23)12-31-14-21-22(15-31)35-16-19-13-32(30-28-19)8-5-9-34-20-7-4-6-17(10-20)24(33)26-21/h4,6-7,10-11,13,21-22H,5,8-9,12,14-16H2,1-3H3,(H,26,33)(H,27,29)/t21-,22-/m0/s1. The Labute approximate surface area is 205 Å². The second-order valence-corrected chi connectivity index (χ2v) is 10.4. The summed E-state index contributed by atoms with van der Waals surface area (Å²) in [5.74, 6) is 0.546. The van der Waals surface area contributed by atoms with Crippen LogP contribution in [-0.2, 0) is 29.8 Å². The van der Waals surface area contributed by atoms with E-state index in [2.05, 4.69) is 57.6 Å². The predicted molar refractivity (Wildman–Crippen MR) is 129 cm³/mol. The number of H-pyrrole nitrogens is 1. The maximum atomic E-state index is 13.1. The van der Waals surface area contributed by atoms with E-state index in [0.717, 1.165) is 23.5 Å². The molecule has 4 bridgehead atoms. The molecule has 1 fully saturated rings. The van der Waals surface area contributed by atoms with E-state index in [1.54, 1.807) is 12.1 Å². The monoisotopic (exact) mass is 479 g/mol. The van der Waals surface area contributed by atoms with E-state index >= 15 is 0 Å². The number of rotatable bonds is 2. The van der Waals surface area contributed by atoms with Crippen LogP contribution < -0.4 is 10.1 Å². The zero-order chi connectivity index (χ0) is 24.4. The molecule has 1 amide bonds. The number of amides is 1. The van der Waals surface area contributed by atoms with E-state index < -0.39 is 0 Å². The number of carbonyl (C=O) groups excluding carboxylic acids is 1. The summed E-state index contributed by atoms with van der Waals surface area (Å²) in [7, 11) is 0. The molecule has 35 heavy (non-hydrogen) atoms. The molecule has 1 saturated heterocycles. The highest BCUT2D eigenvalue weighted by Crippen LogP contribution is 2.23. The summed E-state index contributed by atoms with van der Waals surface area (Å²) >= 11 is 0. The number of aromatic nitrogens is 5. The third kappa shape index (κ3) is 5.71. The number of hydrogen-bond acceptors (Lipinski definition) is 7. The molecule has 0 spiro atoms. The van der Waals surface area contributed by atoms with Gasteiger partial charge in [-0.05, 0) is 24.3 Å². The minimum Gasteiger partial charge on any atom is -0.494 e. The number of fused-ring (bicyclic) bond motifs is 5. The van der Waals surface area contributed by atoms with Crippen LogP contribution in [0.2, 0.25) is 0 Å². The van der Waals surface area contributed by atoms with Gasteiger partial charge < -0.3 is 14.8 Å². The van der Waals surface area contributed by atoms with Crippen LogP contribution >= 0.6 is 0 Å². The summed E-state index contributed by atoms with van der Waals surface area (Å²) in [6.45, 7) is 10.1. The van der Waals surface area contributed by atoms with Gasteiger partial charge in [0.05, 0.1) is 37.3 Å². The minimum atomic E-state index is -0.179. The largest absolute Gasteiger partial charge is 0.494 e. The summed E-state index contributed by atoms with van der Waals surface area (Å²) in [5.41, 5.74) is 3.42. The van der Waals surface area contributed by atoms with Gasteiger partial charge in [-0.15, -0.1) is 5.10 Å². The van der Waals surface area contributed by atoms with Crippen molar-refractivity contribution in [1.82, 2.24) is 35.4 Å². The number of likely N-dealkylation sites (tertiary alicyclic amines) is 1. The number of nitrogens with zero attached hydrogens (tertiary/aromatic N) is 5. The Bertz CT molecular complexity index is 1170. The minimum absolute atomic E-state index is 0.0148. The van der Waals surface area contributed by atoms with Crippen LogP contribution in [0, 0.1) is 0 Å². The van der Waals surface area contributed by atoms with Crippen molar-refractivity contribution in [3.63, 3.8) is 0 Å². The zero-order valence-electron chi connectivity index (χ0n) is 20.5. The topological polar surface area (TPSA) is 110 Å². The second kappa shape index (κ2) is 9.79. The lowest BCUT2D eigenvalue weighted by Crippen LogP contribution is -2.44. The van der Waals surface area contributed by atoms with Gasteiger partial charge in [0.2, 0.25) is 0 Å². The molecule has 0 aliphatic carbocycles. The third-order valence-corrected chi connectivity index (χ3v) is 6.38. The van der Waals surface area contributed by atoms with E-state index in [0.29, 0.717) is 50.7 Å². The van der Waals surface area contributed by atoms with E-state index in [4.69, 9.17) is 9.47 Å². The van der Waals surface area contributed by atoms with Gasteiger partial charge in [0.25, 0.3) is 5.91 Å². The van der Waals surface area contributed by atoms with Crippen LogP contribution in [0.4, 0.5) is 0 Å². The Balaban J connectivity index is 1.34. The molecule has 2 aliphatic heterocycles. The fourth-order valence-corrected chi connectivity index (χ4v) is 4.46. The molecule has 3 aromatic rings. The summed E-state index contributed by atoms with van der Waals surface area (Å²) in [6, 6.07) is 9.26. The van der Waals surface area contributed by atoms with Gasteiger partial charge >= 0.3 is 0 Å². The lowest BCUT2D eigenvalue weighted by Gasteiger charge is -2.20. The van der Waals surface area contributed by atoms with Crippen LogP contribution in [0.3, 0.4) is 0 Å². The van der Waals surface area contributed by atoms with E-state index in [-0.39, 0.29) is 23.5 Å². The first kappa shape index (κ1) is 23.5. The van der Waals surface area contributed by atoms with Gasteiger partial charge in [-0.2, -0.15) is 5.10 Å². The van der Waals surface area contributed by atoms with Crippen LogP contribution in [0.15, 0.2) is 36.5 Å². The molecule has 10 heteroatoms. The lowest BCUT2D eigenvalue weighted by molar-refractivity contribution is 0.0293. The van der Waals surface area contributed by atoms with Gasteiger partial charge in [-0.1, -0.05) is 32.1 Å². The summed E-state index contributed by atoms with van der Waals surface area (Å²) in [6.07, 6.45) is 2.51. The molecule has 2 atom stereocenters. The molecule has 2 aromatic heterocycles. The number of aryl methyl sites for hydroxylation is 1. The Hall–Kier alpha value is -3.24. The van der Waals surface area contributed by atoms with Crippen molar-refractivity contribution in [1.29, 1.82) is 0 Å². The first-order chi connectivity index (χ1) is 16.8. The highest BCUT2D eigenvalue weighted by atomic mass is 16.5. The Morgan fingerprint density at radius 1 is 1.20 bits per heavy atom. The fourth-order valence-electron chi connectivity index (χ4n) is 4.46. The highest BCUT2D eigenvalue weighted by molar-refractivity contribution is 5.94. The number of hydrogen-bond donors (Lipinski definition) is 2. The van der Waals surface area contributed by atoms with Crippen molar-refractivity contribution in [3.8, 4) is 5.75 Å². The molecular formula is C25H33N7O3. The van der Waals surface area contributed by atoms with Gasteiger partial charge in [-0.3, -0.25) is 19.5 Å². The predicted octanol–water partition coefficient (Wildman–Crippen LogP) is 2.28. The van der Waals surface area contributed by atoms with Gasteiger partial charge in [-0.25, -0.2) is 0 Å². The molecule has 1 aromatic carbocycles. The van der Waals surface area contributed by atoms with E-state index in [9.17, 15) is 4.79 Å². The van der Waals surface area contributed by atoms with Crippen molar-refractivity contribution < 1.29 is 14.3 Å². The molecule has 2 aliphatic rings. The van der Waals surface area contributed by atoms with E-state index in [1.807, 2.05) is 23.0 Å². The molecular weight excluding hydrogens is 446 g/mol. The molecule has 2 N–H and O–H groups in total. The molecule has 10 nitrogen and oxygen atoms in total. The van der Waals surface area contributed by atoms with Crippen molar-refractivity contribution in [2.45, 2.75) is 64.4 Å². The van der Waals surface area contributed by atoms with Crippen molar-refractivity contribution in [3.05, 3.63) is 59.2 Å². The van der Waals surface area contributed by atoms with E-state index in [1.165, 1.54) is 0 Å². The van der Waals surface area contributed by atoms with Gasteiger partial charge in [0, 0.05) is 49.3 Å². The Kier molecular flexibility index (Phi) is 6.57. The Morgan fingerprint density at radius 3 is 2.91 bits per heavy atom. The summed E-state index contributed by atoms with van der Waals surface area (Å²) in [5, 5.41) is 19.3. The highest BCUT2D eigenvalue weighted by Gasteiger charge is 2.35. The molecule has 0 radical (unpaired) electrons. The number of ether oxygens (including phenoxy) is 2. The zero-order valence-corrected chi connectivity index (χ0v) is 20.5. The number of benzene rings is 1. The summed E-state index contributed by atoms with van der Waals surface area (Å²) in [4.78, 5) is 15.4. The number of aromatic amines is 1. The van der Waals surface area contributed by atoms with Gasteiger partial charge in [0.1, 0.15) is 11.4 Å². The van der Waals surface area contributed by atoms with Crippen molar-refractivity contribution >= 4 is 5.91 Å². The average Bonchev–Trinajstić information content (AvgIpc) is 3.55. The maximum Gasteiger partial charge on any atom is 0.251 e. The van der Waals surface area contributed by atoms with Crippen molar-refractivity contribution in [2.24, 2.45) is 0 Å². The van der Waals surface area contributed by atoms with Crippen LogP contribution in [0.5, 0.6) is 5.75 Å². The first-order valence-corrected chi connectivity index (χ1v) is 12.1. The smallest absolute Gasteiger partial charge is 0.251 e. The maximum absolute atomic E-state index is 13.1. The van der Waals surface area contributed by atoms with Gasteiger partial charge in [0.15, 0.2) is 0 Å². The number of nitrogens with one attached hydrogen (secondary N) is 2.